The fraction of sp³-hybridized carbons (Fsp3) is 0.357. The van der Waals surface area contributed by atoms with Crippen molar-refractivity contribution < 1.29 is 14.6 Å². The summed E-state index contributed by atoms with van der Waals surface area (Å²) in [6.07, 6.45) is 0.0958. The summed E-state index contributed by atoms with van der Waals surface area (Å²) in [5, 5.41) is 8.65. The van der Waals surface area contributed by atoms with Crippen LogP contribution in [0.2, 0.25) is 0 Å². The third-order valence-corrected chi connectivity index (χ3v) is 2.30. The number of rotatable bonds is 3. The Labute approximate surface area is 107 Å². The van der Waals surface area contributed by atoms with Gasteiger partial charge in [-0.25, -0.2) is 4.79 Å². The molecule has 1 aromatic carbocycles. The summed E-state index contributed by atoms with van der Waals surface area (Å²) in [4.78, 5) is 12.7. The van der Waals surface area contributed by atoms with Crippen LogP contribution in [-0.4, -0.2) is 36.9 Å². The number of carbonyl (C=O) groups is 1. The first-order chi connectivity index (χ1) is 8.67. The van der Waals surface area contributed by atoms with Gasteiger partial charge in [-0.05, 0) is 17.7 Å². The summed E-state index contributed by atoms with van der Waals surface area (Å²) < 4.78 is 4.63. The molecule has 0 spiro atoms. The summed E-state index contributed by atoms with van der Waals surface area (Å²) in [6, 6.07) is 7.63. The molecule has 4 heteroatoms. The van der Waals surface area contributed by atoms with Gasteiger partial charge in [0, 0.05) is 25.6 Å². The van der Waals surface area contributed by atoms with Crippen LogP contribution in [0.25, 0.3) is 0 Å². The Bertz CT molecular complexity index is 460. The van der Waals surface area contributed by atoms with E-state index in [0.29, 0.717) is 13.0 Å². The number of ether oxygens (including phenoxy) is 1. The van der Waals surface area contributed by atoms with Crippen molar-refractivity contribution in [2.75, 3.05) is 20.8 Å². The molecule has 0 unspecified atom stereocenters. The maximum atomic E-state index is 11.3. The second-order valence-corrected chi connectivity index (χ2v) is 3.80. The van der Waals surface area contributed by atoms with Crippen LogP contribution >= 0.6 is 0 Å². The van der Waals surface area contributed by atoms with Crippen molar-refractivity contribution in [3.8, 4) is 11.8 Å². The van der Waals surface area contributed by atoms with Gasteiger partial charge < -0.3 is 14.7 Å². The van der Waals surface area contributed by atoms with Crippen molar-refractivity contribution in [2.45, 2.75) is 13.0 Å². The smallest absolute Gasteiger partial charge is 0.409 e. The largest absolute Gasteiger partial charge is 0.453 e. The van der Waals surface area contributed by atoms with Crippen LogP contribution < -0.4 is 0 Å². The first-order valence-electron chi connectivity index (χ1n) is 5.65. The second-order valence-electron chi connectivity index (χ2n) is 3.80. The van der Waals surface area contributed by atoms with Crippen LogP contribution in [0.5, 0.6) is 0 Å². The van der Waals surface area contributed by atoms with Crippen LogP contribution in [-0.2, 0) is 11.3 Å². The highest BCUT2D eigenvalue weighted by molar-refractivity contribution is 5.67. The Kier molecular flexibility index (Phi) is 5.75. The quantitative estimate of drug-likeness (QED) is 0.826. The molecule has 0 fully saturated rings. The van der Waals surface area contributed by atoms with E-state index in [2.05, 4.69) is 16.6 Å². The van der Waals surface area contributed by atoms with Gasteiger partial charge in [-0.3, -0.25) is 0 Å². The third kappa shape index (κ3) is 4.48. The lowest BCUT2D eigenvalue weighted by molar-refractivity contribution is 0.131. The molecule has 0 saturated carbocycles. The first-order valence-corrected chi connectivity index (χ1v) is 5.65. The lowest BCUT2D eigenvalue weighted by Crippen LogP contribution is -2.25. The van der Waals surface area contributed by atoms with Gasteiger partial charge in [0.05, 0.1) is 13.7 Å². The number of hydrogen-bond donors (Lipinski definition) is 1. The molecule has 0 aliphatic carbocycles. The molecule has 0 atom stereocenters. The van der Waals surface area contributed by atoms with Crippen LogP contribution in [0.3, 0.4) is 0 Å². The lowest BCUT2D eigenvalue weighted by atomic mass is 10.1. The van der Waals surface area contributed by atoms with Gasteiger partial charge in [-0.1, -0.05) is 24.0 Å². The highest BCUT2D eigenvalue weighted by atomic mass is 16.5. The van der Waals surface area contributed by atoms with E-state index in [0.717, 1.165) is 11.1 Å². The molecule has 1 aromatic rings. The minimum Gasteiger partial charge on any atom is -0.453 e. The van der Waals surface area contributed by atoms with E-state index in [4.69, 9.17) is 5.11 Å². The summed E-state index contributed by atoms with van der Waals surface area (Å²) in [6.45, 7) is 0.542. The standard InChI is InChI=1S/C14H17NO3/c1-15(14(17)18-2)11-13-8-5-7-12(10-13)6-3-4-9-16/h5,7-8,10,16H,4,9,11H2,1-2H3. The van der Waals surface area contributed by atoms with Crippen LogP contribution in [0.15, 0.2) is 24.3 Å². The van der Waals surface area contributed by atoms with E-state index < -0.39 is 0 Å². The SMILES string of the molecule is COC(=O)N(C)Cc1cccc(C#CCCO)c1. The summed E-state index contributed by atoms with van der Waals surface area (Å²) in [5.74, 6) is 5.82. The zero-order valence-electron chi connectivity index (χ0n) is 10.6. The van der Waals surface area contributed by atoms with E-state index in [1.54, 1.807) is 7.05 Å². The maximum absolute atomic E-state index is 11.3. The zero-order chi connectivity index (χ0) is 13.4. The van der Waals surface area contributed by atoms with Gasteiger partial charge in [0.2, 0.25) is 0 Å². The molecule has 0 aliphatic heterocycles. The Morgan fingerprint density at radius 2 is 2.28 bits per heavy atom. The molecule has 0 saturated heterocycles. The van der Waals surface area contributed by atoms with Crippen molar-refractivity contribution >= 4 is 6.09 Å². The van der Waals surface area contributed by atoms with Gasteiger partial charge in [-0.15, -0.1) is 0 Å². The van der Waals surface area contributed by atoms with Crippen molar-refractivity contribution in [1.29, 1.82) is 0 Å². The number of aliphatic hydroxyl groups is 1. The minimum atomic E-state index is -0.369. The molecule has 0 bridgehead atoms. The average Bonchev–Trinajstić information content (AvgIpc) is 2.38. The zero-order valence-corrected chi connectivity index (χ0v) is 10.6. The van der Waals surface area contributed by atoms with Crippen LogP contribution in [0.1, 0.15) is 17.5 Å². The summed E-state index contributed by atoms with van der Waals surface area (Å²) >= 11 is 0. The fourth-order valence-corrected chi connectivity index (χ4v) is 1.46. The molecule has 1 N–H and O–H groups in total. The molecule has 1 rings (SSSR count). The molecule has 0 aromatic heterocycles. The van der Waals surface area contributed by atoms with Crippen LogP contribution in [0, 0.1) is 11.8 Å². The molecular formula is C14H17NO3. The monoisotopic (exact) mass is 247 g/mol. The topological polar surface area (TPSA) is 49.8 Å². The Morgan fingerprint density at radius 3 is 2.94 bits per heavy atom. The first kappa shape index (κ1) is 14.1. The van der Waals surface area contributed by atoms with Crippen molar-refractivity contribution in [3.05, 3.63) is 35.4 Å². The Morgan fingerprint density at radius 1 is 1.50 bits per heavy atom. The lowest BCUT2D eigenvalue weighted by Gasteiger charge is -2.15. The Hall–Kier alpha value is -1.99. The van der Waals surface area contributed by atoms with E-state index in [1.165, 1.54) is 12.0 Å². The van der Waals surface area contributed by atoms with Crippen molar-refractivity contribution in [2.24, 2.45) is 0 Å². The third-order valence-electron chi connectivity index (χ3n) is 2.30. The molecule has 96 valence electrons. The van der Waals surface area contributed by atoms with Crippen LogP contribution in [0.4, 0.5) is 4.79 Å². The molecule has 0 aliphatic rings. The number of nitrogens with zero attached hydrogens (tertiary/aromatic N) is 1. The van der Waals surface area contributed by atoms with Crippen molar-refractivity contribution in [1.82, 2.24) is 4.90 Å². The molecule has 18 heavy (non-hydrogen) atoms. The summed E-state index contributed by atoms with van der Waals surface area (Å²) in [5.41, 5.74) is 1.86. The number of aliphatic hydroxyl groups excluding tert-OH is 1. The molecular weight excluding hydrogens is 230 g/mol. The number of methoxy groups -OCH3 is 1. The predicted molar refractivity (Wildman–Crippen MR) is 68.9 cm³/mol. The van der Waals surface area contributed by atoms with Gasteiger partial charge in [0.15, 0.2) is 0 Å². The van der Waals surface area contributed by atoms with Gasteiger partial charge in [0.1, 0.15) is 0 Å². The predicted octanol–water partition coefficient (Wildman–Crippen LogP) is 1.62. The van der Waals surface area contributed by atoms with Crippen molar-refractivity contribution in [3.63, 3.8) is 0 Å². The Balaban J connectivity index is 2.71. The highest BCUT2D eigenvalue weighted by Crippen LogP contribution is 2.07. The van der Waals surface area contributed by atoms with E-state index >= 15 is 0 Å². The minimum absolute atomic E-state index is 0.0672. The number of hydrogen-bond acceptors (Lipinski definition) is 3. The fourth-order valence-electron chi connectivity index (χ4n) is 1.46. The second kappa shape index (κ2) is 7.36. The van der Waals surface area contributed by atoms with Gasteiger partial charge in [0.25, 0.3) is 0 Å². The number of carbonyl (C=O) groups excluding carboxylic acids is 1. The maximum Gasteiger partial charge on any atom is 0.409 e. The molecule has 0 heterocycles. The normalized spacial score (nSPS) is 9.28. The molecule has 1 amide bonds. The van der Waals surface area contributed by atoms with Gasteiger partial charge >= 0.3 is 6.09 Å². The van der Waals surface area contributed by atoms with E-state index in [-0.39, 0.29) is 12.7 Å². The summed E-state index contributed by atoms with van der Waals surface area (Å²) in [7, 11) is 3.03. The van der Waals surface area contributed by atoms with E-state index in [9.17, 15) is 4.79 Å². The number of amides is 1. The highest BCUT2D eigenvalue weighted by Gasteiger charge is 2.08. The number of benzene rings is 1. The van der Waals surface area contributed by atoms with Gasteiger partial charge in [-0.2, -0.15) is 0 Å². The molecule has 4 nitrogen and oxygen atoms in total. The van der Waals surface area contributed by atoms with E-state index in [1.807, 2.05) is 24.3 Å². The average molecular weight is 247 g/mol. The molecule has 0 radical (unpaired) electrons.